The first kappa shape index (κ1) is 22.1. The van der Waals surface area contributed by atoms with E-state index in [1.807, 2.05) is 30.3 Å². The Labute approximate surface area is 190 Å². The van der Waals surface area contributed by atoms with Crippen LogP contribution in [0.5, 0.6) is 0 Å². The molecule has 2 N–H and O–H groups in total. The van der Waals surface area contributed by atoms with E-state index in [0.29, 0.717) is 18.5 Å². The van der Waals surface area contributed by atoms with E-state index in [1.165, 1.54) is 38.6 Å². The van der Waals surface area contributed by atoms with Gasteiger partial charge in [-0.05, 0) is 38.3 Å². The smallest absolute Gasteiger partial charge is 0.226 e. The first-order valence-electron chi connectivity index (χ1n) is 10.6. The zero-order valence-electron chi connectivity index (χ0n) is 17.1. The van der Waals surface area contributed by atoms with Crippen LogP contribution in [0, 0.1) is 0 Å². The molecule has 2 heterocycles. The number of nitrogens with zero attached hydrogens (tertiary/aromatic N) is 3. The third-order valence-electron chi connectivity index (χ3n) is 5.72. The van der Waals surface area contributed by atoms with Crippen molar-refractivity contribution in [2.24, 2.45) is 4.99 Å². The highest BCUT2D eigenvalue weighted by atomic mass is 127. The summed E-state index contributed by atoms with van der Waals surface area (Å²) in [5.41, 5.74) is 1.83. The summed E-state index contributed by atoms with van der Waals surface area (Å²) in [6.07, 6.45) is 8.42. The maximum absolute atomic E-state index is 5.62. The van der Waals surface area contributed by atoms with Crippen LogP contribution in [0.4, 0.5) is 0 Å². The molecule has 6 nitrogen and oxygen atoms in total. The Bertz CT molecular complexity index is 773. The molecule has 29 heavy (non-hydrogen) atoms. The number of aromatic nitrogens is 1. The van der Waals surface area contributed by atoms with E-state index in [9.17, 15) is 0 Å². The molecule has 0 spiro atoms. The molecule has 158 valence electrons. The number of aliphatic imine (C=N–C) groups is 1. The Morgan fingerprint density at radius 1 is 1.21 bits per heavy atom. The third-order valence-corrected chi connectivity index (χ3v) is 5.72. The summed E-state index contributed by atoms with van der Waals surface area (Å²) in [5, 5.41) is 6.98. The van der Waals surface area contributed by atoms with Gasteiger partial charge in [-0.25, -0.2) is 9.98 Å². The van der Waals surface area contributed by atoms with Crippen LogP contribution in [0.3, 0.4) is 0 Å². The van der Waals surface area contributed by atoms with E-state index in [-0.39, 0.29) is 24.0 Å². The van der Waals surface area contributed by atoms with Gasteiger partial charge >= 0.3 is 0 Å². The van der Waals surface area contributed by atoms with Crippen LogP contribution in [0.2, 0.25) is 0 Å². The number of benzene rings is 1. The molecule has 1 unspecified atom stereocenters. The molecular formula is C22H32IN5O. The highest BCUT2D eigenvalue weighted by Gasteiger charge is 2.30. The monoisotopic (exact) mass is 509 g/mol. The van der Waals surface area contributed by atoms with Gasteiger partial charge in [0.05, 0.1) is 6.54 Å². The second-order valence-electron chi connectivity index (χ2n) is 7.77. The van der Waals surface area contributed by atoms with Crippen LogP contribution in [-0.2, 0) is 6.54 Å². The lowest BCUT2D eigenvalue weighted by Gasteiger charge is -2.24. The molecule has 7 heteroatoms. The average Bonchev–Trinajstić information content (AvgIpc) is 3.48. The molecule has 4 rings (SSSR count). The summed E-state index contributed by atoms with van der Waals surface area (Å²) < 4.78 is 5.62. The fraction of sp³-hybridized carbons (Fsp3) is 0.545. The van der Waals surface area contributed by atoms with Crippen LogP contribution < -0.4 is 10.6 Å². The minimum absolute atomic E-state index is 0. The topological polar surface area (TPSA) is 65.7 Å². The number of rotatable bonds is 6. The lowest BCUT2D eigenvalue weighted by molar-refractivity contribution is 0.242. The Hall–Kier alpha value is -1.61. The van der Waals surface area contributed by atoms with Crippen molar-refractivity contribution in [3.8, 4) is 11.5 Å². The Balaban J connectivity index is 0.00000240. The van der Waals surface area contributed by atoms with E-state index in [2.05, 4.69) is 27.4 Å². The Kier molecular flexibility index (Phi) is 8.35. The average molecular weight is 509 g/mol. The maximum atomic E-state index is 5.62. The molecule has 0 bridgehead atoms. The molecular weight excluding hydrogens is 477 g/mol. The highest BCUT2D eigenvalue weighted by molar-refractivity contribution is 14.0. The van der Waals surface area contributed by atoms with Crippen molar-refractivity contribution in [3.63, 3.8) is 0 Å². The van der Waals surface area contributed by atoms with Gasteiger partial charge in [0, 0.05) is 37.3 Å². The SMILES string of the molecule is CCNC(=NCc1coc(-c2ccccc2)n1)NC1CCN(C2CCCC2)C1.I. The minimum Gasteiger partial charge on any atom is -0.444 e. The van der Waals surface area contributed by atoms with Gasteiger partial charge in [-0.2, -0.15) is 0 Å². The van der Waals surface area contributed by atoms with Gasteiger partial charge in [0.25, 0.3) is 0 Å². The number of nitrogens with one attached hydrogen (secondary N) is 2. The number of guanidine groups is 1. The van der Waals surface area contributed by atoms with Crippen LogP contribution >= 0.6 is 24.0 Å². The summed E-state index contributed by atoms with van der Waals surface area (Å²) in [7, 11) is 0. The molecule has 1 saturated carbocycles. The van der Waals surface area contributed by atoms with Crippen molar-refractivity contribution >= 4 is 29.9 Å². The maximum Gasteiger partial charge on any atom is 0.226 e. The van der Waals surface area contributed by atoms with Gasteiger partial charge in [-0.15, -0.1) is 24.0 Å². The van der Waals surface area contributed by atoms with Crippen molar-refractivity contribution in [3.05, 3.63) is 42.3 Å². The highest BCUT2D eigenvalue weighted by Crippen LogP contribution is 2.26. The lowest BCUT2D eigenvalue weighted by atomic mass is 10.2. The molecule has 0 radical (unpaired) electrons. The molecule has 0 amide bonds. The number of oxazole rings is 1. The van der Waals surface area contributed by atoms with Gasteiger partial charge in [-0.1, -0.05) is 31.0 Å². The van der Waals surface area contributed by atoms with Crippen molar-refractivity contribution < 1.29 is 4.42 Å². The molecule has 1 aromatic carbocycles. The lowest BCUT2D eigenvalue weighted by Crippen LogP contribution is -2.45. The second kappa shape index (κ2) is 11.0. The number of likely N-dealkylation sites (tertiary alicyclic amines) is 1. The number of halogens is 1. The largest absolute Gasteiger partial charge is 0.444 e. The fourth-order valence-electron chi connectivity index (χ4n) is 4.27. The Morgan fingerprint density at radius 2 is 2.00 bits per heavy atom. The normalized spacial score (nSPS) is 20.6. The first-order chi connectivity index (χ1) is 13.8. The first-order valence-corrected chi connectivity index (χ1v) is 10.6. The predicted octanol–water partition coefficient (Wildman–Crippen LogP) is 4.03. The second-order valence-corrected chi connectivity index (χ2v) is 7.77. The van der Waals surface area contributed by atoms with E-state index in [0.717, 1.165) is 36.3 Å². The van der Waals surface area contributed by atoms with Crippen LogP contribution in [0.15, 0.2) is 46.0 Å². The third kappa shape index (κ3) is 5.94. The molecule has 2 aliphatic rings. The molecule has 1 aromatic heterocycles. The summed E-state index contributed by atoms with van der Waals surface area (Å²) >= 11 is 0. The molecule has 2 fully saturated rings. The van der Waals surface area contributed by atoms with Crippen LogP contribution in [0.25, 0.3) is 11.5 Å². The molecule has 1 saturated heterocycles. The summed E-state index contributed by atoms with van der Waals surface area (Å²) in [6, 6.07) is 11.2. The zero-order chi connectivity index (χ0) is 19.2. The van der Waals surface area contributed by atoms with Crippen molar-refractivity contribution in [2.75, 3.05) is 19.6 Å². The van der Waals surface area contributed by atoms with E-state index >= 15 is 0 Å². The zero-order valence-corrected chi connectivity index (χ0v) is 19.5. The summed E-state index contributed by atoms with van der Waals surface area (Å²) in [4.78, 5) is 12.0. The van der Waals surface area contributed by atoms with Gasteiger partial charge in [0.2, 0.25) is 5.89 Å². The van der Waals surface area contributed by atoms with Crippen LogP contribution in [-0.4, -0.2) is 47.6 Å². The fourth-order valence-corrected chi connectivity index (χ4v) is 4.27. The van der Waals surface area contributed by atoms with Gasteiger partial charge in [-0.3, -0.25) is 4.90 Å². The number of hydrogen-bond donors (Lipinski definition) is 2. The van der Waals surface area contributed by atoms with Gasteiger partial charge < -0.3 is 15.1 Å². The molecule has 1 aliphatic carbocycles. The van der Waals surface area contributed by atoms with Gasteiger partial charge in [0.15, 0.2) is 5.96 Å². The van der Waals surface area contributed by atoms with Crippen molar-refractivity contribution in [1.29, 1.82) is 0 Å². The van der Waals surface area contributed by atoms with Crippen molar-refractivity contribution in [1.82, 2.24) is 20.5 Å². The minimum atomic E-state index is 0. The van der Waals surface area contributed by atoms with Crippen LogP contribution in [0.1, 0.15) is 44.7 Å². The Morgan fingerprint density at radius 3 is 2.76 bits per heavy atom. The van der Waals surface area contributed by atoms with E-state index in [1.54, 1.807) is 6.26 Å². The summed E-state index contributed by atoms with van der Waals surface area (Å²) in [6.45, 7) is 5.77. The van der Waals surface area contributed by atoms with E-state index in [4.69, 9.17) is 9.41 Å². The summed E-state index contributed by atoms with van der Waals surface area (Å²) in [5.74, 6) is 1.51. The molecule has 2 aromatic rings. The standard InChI is InChI=1S/C22H31N5O.HI/c1-2-23-22(26-18-12-13-27(15-18)20-10-6-7-11-20)24-14-19-16-28-21(25-19)17-8-4-3-5-9-17;/h3-5,8-9,16,18,20H,2,6-7,10-15H2,1H3,(H2,23,24,26);1H. The molecule has 1 atom stereocenters. The van der Waals surface area contributed by atoms with E-state index < -0.39 is 0 Å². The van der Waals surface area contributed by atoms with Crippen molar-refractivity contribution in [2.45, 2.75) is 57.7 Å². The number of hydrogen-bond acceptors (Lipinski definition) is 4. The quantitative estimate of drug-likeness (QED) is 0.350. The van der Waals surface area contributed by atoms with Gasteiger partial charge in [0.1, 0.15) is 12.0 Å². The predicted molar refractivity (Wildman–Crippen MR) is 128 cm³/mol. The molecule has 1 aliphatic heterocycles.